The number of hydrogen-bond donors (Lipinski definition) is 1. The molecule has 0 aliphatic rings. The Labute approximate surface area is 134 Å². The Morgan fingerprint density at radius 3 is 2.81 bits per heavy atom. The van der Waals surface area contributed by atoms with Gasteiger partial charge < -0.3 is 14.6 Å². The molecule has 1 aromatic heterocycles. The van der Waals surface area contributed by atoms with E-state index in [1.165, 1.54) is 31.8 Å². The van der Waals surface area contributed by atoms with Gasteiger partial charge in [0.1, 0.15) is 9.88 Å². The van der Waals surface area contributed by atoms with Gasteiger partial charge in [-0.15, -0.1) is 11.3 Å². The second-order valence-electron chi connectivity index (χ2n) is 3.93. The van der Waals surface area contributed by atoms with E-state index in [9.17, 15) is 9.90 Å². The maximum atomic E-state index is 11.3. The van der Waals surface area contributed by atoms with Crippen LogP contribution in [0.1, 0.15) is 20.2 Å². The van der Waals surface area contributed by atoms with Crippen molar-refractivity contribution in [1.82, 2.24) is 4.98 Å². The number of nitrogens with zero attached hydrogens (tertiary/aromatic N) is 1. The maximum absolute atomic E-state index is 11.3. The van der Waals surface area contributed by atoms with Gasteiger partial charge in [-0.2, -0.15) is 0 Å². The number of carbonyl (C=O) groups excluding carboxylic acids is 1. The summed E-state index contributed by atoms with van der Waals surface area (Å²) in [6.45, 7) is 0. The minimum Gasteiger partial charge on any atom is -0.504 e. The second kappa shape index (κ2) is 6.73. The van der Waals surface area contributed by atoms with E-state index in [4.69, 9.17) is 4.74 Å². The molecule has 0 radical (unpaired) electrons. The molecule has 110 valence electrons. The number of esters is 1. The van der Waals surface area contributed by atoms with Crippen LogP contribution in [0.4, 0.5) is 0 Å². The highest BCUT2D eigenvalue weighted by molar-refractivity contribution is 9.10. The smallest absolute Gasteiger partial charge is 0.349 e. The van der Waals surface area contributed by atoms with Crippen LogP contribution in [0.3, 0.4) is 0 Å². The molecule has 1 N–H and O–H groups in total. The van der Waals surface area contributed by atoms with Gasteiger partial charge in [-0.05, 0) is 23.8 Å². The quantitative estimate of drug-likeness (QED) is 0.834. The minimum atomic E-state index is -0.403. The van der Waals surface area contributed by atoms with E-state index < -0.39 is 5.97 Å². The summed E-state index contributed by atoms with van der Waals surface area (Å²) >= 11 is 4.60. The van der Waals surface area contributed by atoms with Crippen molar-refractivity contribution in [3.05, 3.63) is 38.3 Å². The van der Waals surface area contributed by atoms with Gasteiger partial charge in [0.25, 0.3) is 0 Å². The van der Waals surface area contributed by atoms with Crippen molar-refractivity contribution >= 4 is 45.4 Å². The number of phenols is 1. The van der Waals surface area contributed by atoms with Gasteiger partial charge in [0.05, 0.1) is 20.4 Å². The van der Waals surface area contributed by atoms with Crippen LogP contribution < -0.4 is 4.74 Å². The van der Waals surface area contributed by atoms with Crippen LogP contribution in [0.5, 0.6) is 11.5 Å². The predicted octanol–water partition coefficient (Wildman–Crippen LogP) is 3.58. The molecule has 0 saturated heterocycles. The molecule has 0 bridgehead atoms. The number of ether oxygens (including phenoxy) is 2. The Hall–Kier alpha value is -1.86. The predicted molar refractivity (Wildman–Crippen MR) is 84.7 cm³/mol. The number of aromatic hydroxyl groups is 1. The summed E-state index contributed by atoms with van der Waals surface area (Å²) in [6.07, 6.45) is 5.06. The third kappa shape index (κ3) is 3.62. The Balaban J connectivity index is 2.25. The van der Waals surface area contributed by atoms with Crippen LogP contribution in [0.2, 0.25) is 0 Å². The van der Waals surface area contributed by atoms with Crippen LogP contribution in [0.15, 0.2) is 22.8 Å². The van der Waals surface area contributed by atoms with Gasteiger partial charge in [0.2, 0.25) is 0 Å². The largest absolute Gasteiger partial charge is 0.504 e. The fourth-order valence-electron chi connectivity index (χ4n) is 1.57. The Bertz CT molecular complexity index is 696. The van der Waals surface area contributed by atoms with Crippen molar-refractivity contribution in [3.8, 4) is 11.5 Å². The highest BCUT2D eigenvalue weighted by atomic mass is 79.9. The van der Waals surface area contributed by atoms with E-state index in [0.717, 1.165) is 10.0 Å². The molecule has 0 atom stereocenters. The highest BCUT2D eigenvalue weighted by Crippen LogP contribution is 2.33. The summed E-state index contributed by atoms with van der Waals surface area (Å²) in [5, 5.41) is 10.3. The number of benzene rings is 1. The molecule has 5 nitrogen and oxygen atoms in total. The molecule has 1 heterocycles. The summed E-state index contributed by atoms with van der Waals surface area (Å²) in [5.41, 5.74) is 0.819. The summed E-state index contributed by atoms with van der Waals surface area (Å²) in [7, 11) is 2.82. The van der Waals surface area contributed by atoms with E-state index in [1.54, 1.807) is 18.2 Å². The zero-order valence-corrected chi connectivity index (χ0v) is 13.7. The van der Waals surface area contributed by atoms with E-state index in [2.05, 4.69) is 25.7 Å². The lowest BCUT2D eigenvalue weighted by Gasteiger charge is -2.06. The van der Waals surface area contributed by atoms with Crippen LogP contribution in [-0.4, -0.2) is 30.3 Å². The van der Waals surface area contributed by atoms with E-state index >= 15 is 0 Å². The number of thiazole rings is 1. The Morgan fingerprint density at radius 1 is 1.38 bits per heavy atom. The van der Waals surface area contributed by atoms with Crippen LogP contribution in [-0.2, 0) is 4.74 Å². The molecule has 0 aliphatic carbocycles. The SMILES string of the molecule is COC(=O)c1cnc(/C=C/c2cc(OC)c(O)cc2Br)s1. The molecule has 0 amide bonds. The van der Waals surface area contributed by atoms with Gasteiger partial charge in [-0.3, -0.25) is 0 Å². The van der Waals surface area contributed by atoms with Crippen LogP contribution >= 0.6 is 27.3 Å². The van der Waals surface area contributed by atoms with Gasteiger partial charge in [-0.1, -0.05) is 22.0 Å². The number of phenolic OH excluding ortho intramolecular Hbond substituents is 1. The normalized spacial score (nSPS) is 10.8. The fourth-order valence-corrected chi connectivity index (χ4v) is 2.77. The number of aromatic nitrogens is 1. The molecule has 1 aromatic carbocycles. The molecule has 2 aromatic rings. The fraction of sp³-hybridized carbons (Fsp3) is 0.143. The molecule has 7 heteroatoms. The number of hydrogen-bond acceptors (Lipinski definition) is 6. The number of halogens is 1. The van der Waals surface area contributed by atoms with Crippen molar-refractivity contribution in [2.75, 3.05) is 14.2 Å². The first kappa shape index (κ1) is 15.5. The number of methoxy groups -OCH3 is 2. The first-order valence-electron chi connectivity index (χ1n) is 5.84. The van der Waals surface area contributed by atoms with Crippen molar-refractivity contribution < 1.29 is 19.4 Å². The second-order valence-corrected chi connectivity index (χ2v) is 5.85. The lowest BCUT2D eigenvalue weighted by atomic mass is 10.2. The summed E-state index contributed by atoms with van der Waals surface area (Å²) in [4.78, 5) is 15.9. The van der Waals surface area contributed by atoms with Crippen molar-refractivity contribution in [2.24, 2.45) is 0 Å². The summed E-state index contributed by atoms with van der Waals surface area (Å²) < 4.78 is 10.4. The number of rotatable bonds is 4. The van der Waals surface area contributed by atoms with Gasteiger partial charge in [0.15, 0.2) is 11.5 Å². The molecule has 0 fully saturated rings. The minimum absolute atomic E-state index is 0.0590. The third-order valence-corrected chi connectivity index (χ3v) is 4.24. The van der Waals surface area contributed by atoms with Crippen molar-refractivity contribution in [3.63, 3.8) is 0 Å². The van der Waals surface area contributed by atoms with Crippen molar-refractivity contribution in [1.29, 1.82) is 0 Å². The molecular weight excluding hydrogens is 358 g/mol. The Kier molecular flexibility index (Phi) is 4.98. The topological polar surface area (TPSA) is 68.7 Å². The van der Waals surface area contributed by atoms with Gasteiger partial charge >= 0.3 is 5.97 Å². The Morgan fingerprint density at radius 2 is 2.14 bits per heavy atom. The average Bonchev–Trinajstić information content (AvgIpc) is 2.94. The zero-order valence-electron chi connectivity index (χ0n) is 11.3. The highest BCUT2D eigenvalue weighted by Gasteiger charge is 2.09. The number of carbonyl (C=O) groups is 1. The van der Waals surface area contributed by atoms with E-state index in [-0.39, 0.29) is 5.75 Å². The summed E-state index contributed by atoms with van der Waals surface area (Å²) in [6, 6.07) is 3.25. The van der Waals surface area contributed by atoms with Gasteiger partial charge in [0, 0.05) is 4.47 Å². The maximum Gasteiger partial charge on any atom is 0.349 e. The first-order valence-corrected chi connectivity index (χ1v) is 7.45. The first-order chi connectivity index (χ1) is 10.0. The zero-order chi connectivity index (χ0) is 15.4. The van der Waals surface area contributed by atoms with Crippen molar-refractivity contribution in [2.45, 2.75) is 0 Å². The monoisotopic (exact) mass is 369 g/mol. The van der Waals surface area contributed by atoms with E-state index in [1.807, 2.05) is 6.08 Å². The van der Waals surface area contributed by atoms with Gasteiger partial charge in [-0.25, -0.2) is 9.78 Å². The standard InChI is InChI=1S/C14H12BrNO4S/c1-19-11-5-8(9(15)6-10(11)17)3-4-13-16-7-12(21-13)14(18)20-2/h3-7,17H,1-2H3/b4-3+. The lowest BCUT2D eigenvalue weighted by molar-refractivity contribution is 0.0606. The van der Waals surface area contributed by atoms with E-state index in [0.29, 0.717) is 15.6 Å². The molecule has 21 heavy (non-hydrogen) atoms. The summed E-state index contributed by atoms with van der Waals surface area (Å²) in [5.74, 6) is 0.0376. The lowest BCUT2D eigenvalue weighted by Crippen LogP contribution is -1.96. The van der Waals surface area contributed by atoms with Crippen LogP contribution in [0, 0.1) is 0 Å². The molecule has 0 aliphatic heterocycles. The molecule has 0 spiro atoms. The average molecular weight is 370 g/mol. The molecular formula is C14H12BrNO4S. The van der Waals surface area contributed by atoms with Crippen LogP contribution in [0.25, 0.3) is 12.2 Å². The third-order valence-electron chi connectivity index (χ3n) is 2.61. The molecule has 2 rings (SSSR count). The molecule has 0 unspecified atom stereocenters. The molecule has 0 saturated carbocycles.